The zero-order valence-electron chi connectivity index (χ0n) is 10.3. The average molecular weight is 264 g/mol. The Kier molecular flexibility index (Phi) is 3.84. The summed E-state index contributed by atoms with van der Waals surface area (Å²) in [6.45, 7) is 1.88. The maximum Gasteiger partial charge on any atom is 0.328 e. The molecule has 0 saturated heterocycles. The van der Waals surface area contributed by atoms with Gasteiger partial charge in [-0.1, -0.05) is 25.5 Å². The van der Waals surface area contributed by atoms with Crippen molar-refractivity contribution >= 4 is 5.97 Å². The van der Waals surface area contributed by atoms with Crippen molar-refractivity contribution in [2.45, 2.75) is 25.8 Å². The molecule has 1 unspecified atom stereocenters. The Balaban J connectivity index is 2.44. The molecule has 0 aliphatic rings. The van der Waals surface area contributed by atoms with Gasteiger partial charge in [-0.05, 0) is 29.0 Å². The summed E-state index contributed by atoms with van der Waals surface area (Å²) >= 11 is 0. The van der Waals surface area contributed by atoms with E-state index < -0.39 is 17.8 Å². The van der Waals surface area contributed by atoms with E-state index in [1.54, 1.807) is 6.07 Å². The zero-order valence-corrected chi connectivity index (χ0v) is 10.3. The third-order valence-electron chi connectivity index (χ3n) is 2.72. The first-order chi connectivity index (χ1) is 9.13. The number of rotatable bonds is 5. The van der Waals surface area contributed by atoms with E-state index in [4.69, 9.17) is 0 Å². The lowest BCUT2D eigenvalue weighted by atomic mass is 10.1. The molecule has 1 atom stereocenters. The van der Waals surface area contributed by atoms with Gasteiger partial charge in [-0.25, -0.2) is 13.9 Å². The monoisotopic (exact) mass is 264 g/mol. The first kappa shape index (κ1) is 13.1. The van der Waals surface area contributed by atoms with Crippen LogP contribution in [0.5, 0.6) is 0 Å². The van der Waals surface area contributed by atoms with Crippen molar-refractivity contribution in [3.63, 3.8) is 0 Å². The molecule has 1 heterocycles. The highest BCUT2D eigenvalue weighted by Crippen LogP contribution is 2.22. The van der Waals surface area contributed by atoms with Gasteiger partial charge in [-0.2, -0.15) is 0 Å². The maximum atomic E-state index is 13.2. The van der Waals surface area contributed by atoms with E-state index in [0.717, 1.165) is 0 Å². The molecule has 1 aromatic heterocycles. The first-order valence-electron chi connectivity index (χ1n) is 5.90. The number of carbonyl (C=O) groups is 1. The minimum Gasteiger partial charge on any atom is -0.480 e. The van der Waals surface area contributed by atoms with Gasteiger partial charge < -0.3 is 5.11 Å². The summed E-state index contributed by atoms with van der Waals surface area (Å²) in [5.41, 5.74) is 0.451. The summed E-state index contributed by atoms with van der Waals surface area (Å²) in [6, 6.07) is 4.89. The number of carboxylic acid groups (broad SMARTS) is 1. The van der Waals surface area contributed by atoms with Crippen LogP contribution in [0.25, 0.3) is 11.4 Å². The zero-order chi connectivity index (χ0) is 13.8. The second kappa shape index (κ2) is 5.55. The van der Waals surface area contributed by atoms with Gasteiger partial charge in [-0.3, -0.25) is 0 Å². The summed E-state index contributed by atoms with van der Waals surface area (Å²) in [5.74, 6) is -1.18. The highest BCUT2D eigenvalue weighted by atomic mass is 19.1. The minimum atomic E-state index is -1.01. The van der Waals surface area contributed by atoms with Crippen LogP contribution in [0.2, 0.25) is 0 Å². The summed E-state index contributed by atoms with van der Waals surface area (Å²) in [5, 5.41) is 20.2. The van der Waals surface area contributed by atoms with Crippen molar-refractivity contribution in [3.8, 4) is 11.4 Å². The topological polar surface area (TPSA) is 80.9 Å². The van der Waals surface area contributed by atoms with E-state index in [2.05, 4.69) is 15.5 Å². The van der Waals surface area contributed by atoms with Gasteiger partial charge >= 0.3 is 5.97 Å². The van der Waals surface area contributed by atoms with Gasteiger partial charge in [0.05, 0.1) is 0 Å². The second-order valence-electron chi connectivity index (χ2n) is 4.10. The number of halogens is 1. The third kappa shape index (κ3) is 2.75. The summed E-state index contributed by atoms with van der Waals surface area (Å²) in [6.07, 6.45) is 1.09. The van der Waals surface area contributed by atoms with Crippen LogP contribution in [0.4, 0.5) is 4.39 Å². The molecule has 2 aromatic rings. The maximum absolute atomic E-state index is 13.2. The van der Waals surface area contributed by atoms with Crippen LogP contribution in [0.15, 0.2) is 24.3 Å². The average Bonchev–Trinajstić information content (AvgIpc) is 2.84. The lowest BCUT2D eigenvalue weighted by molar-refractivity contribution is -0.141. The Morgan fingerprint density at radius 2 is 2.32 bits per heavy atom. The molecule has 0 aliphatic carbocycles. The molecule has 0 aliphatic heterocycles. The van der Waals surface area contributed by atoms with Crippen LogP contribution in [0.1, 0.15) is 25.8 Å². The fourth-order valence-electron chi connectivity index (χ4n) is 1.84. The Bertz CT molecular complexity index is 585. The molecular formula is C12H13FN4O2. The van der Waals surface area contributed by atoms with Crippen molar-refractivity contribution in [2.75, 3.05) is 0 Å². The van der Waals surface area contributed by atoms with Crippen LogP contribution in [0.3, 0.4) is 0 Å². The van der Waals surface area contributed by atoms with Crippen molar-refractivity contribution < 1.29 is 14.3 Å². The number of aromatic nitrogens is 4. The SMILES string of the molecule is CCCC(C(=O)O)n1nnnc1-c1cccc(F)c1. The first-order valence-corrected chi connectivity index (χ1v) is 5.90. The van der Waals surface area contributed by atoms with Crippen molar-refractivity contribution in [3.05, 3.63) is 30.1 Å². The molecule has 0 fully saturated rings. The normalized spacial score (nSPS) is 12.3. The summed E-state index contributed by atoms with van der Waals surface area (Å²) < 4.78 is 14.4. The molecule has 0 saturated carbocycles. The molecule has 19 heavy (non-hydrogen) atoms. The quantitative estimate of drug-likeness (QED) is 0.892. The standard InChI is InChI=1S/C12H13FN4O2/c1-2-4-10(12(18)19)17-11(14-15-16-17)8-5-3-6-9(13)7-8/h3,5-7,10H,2,4H2,1H3,(H,18,19). The molecule has 0 radical (unpaired) electrons. The summed E-state index contributed by atoms with van der Waals surface area (Å²) in [4.78, 5) is 11.2. The second-order valence-corrected chi connectivity index (χ2v) is 4.10. The number of tetrazole rings is 1. The number of carboxylic acids is 1. The van der Waals surface area contributed by atoms with Gasteiger partial charge in [0.1, 0.15) is 5.82 Å². The van der Waals surface area contributed by atoms with Gasteiger partial charge in [-0.15, -0.1) is 5.10 Å². The van der Waals surface area contributed by atoms with Gasteiger partial charge in [0, 0.05) is 5.56 Å². The molecule has 1 aromatic carbocycles. The van der Waals surface area contributed by atoms with Crippen molar-refractivity contribution in [1.82, 2.24) is 20.2 Å². The largest absolute Gasteiger partial charge is 0.480 e. The van der Waals surface area contributed by atoms with E-state index in [1.165, 1.54) is 22.9 Å². The molecule has 2 rings (SSSR count). The van der Waals surface area contributed by atoms with E-state index in [9.17, 15) is 14.3 Å². The predicted octanol–water partition coefficient (Wildman–Crippen LogP) is 1.90. The Morgan fingerprint density at radius 3 is 2.95 bits per heavy atom. The molecule has 0 amide bonds. The van der Waals surface area contributed by atoms with Crippen molar-refractivity contribution in [1.29, 1.82) is 0 Å². The summed E-state index contributed by atoms with van der Waals surface area (Å²) in [7, 11) is 0. The van der Waals surface area contributed by atoms with Crippen LogP contribution < -0.4 is 0 Å². The smallest absolute Gasteiger partial charge is 0.328 e. The molecular weight excluding hydrogens is 251 g/mol. The number of hydrogen-bond donors (Lipinski definition) is 1. The Labute approximate surface area is 108 Å². The lowest BCUT2D eigenvalue weighted by Crippen LogP contribution is -2.21. The number of aliphatic carboxylic acids is 1. The molecule has 6 nitrogen and oxygen atoms in total. The molecule has 100 valence electrons. The number of benzene rings is 1. The van der Waals surface area contributed by atoms with Crippen LogP contribution in [-0.2, 0) is 4.79 Å². The van der Waals surface area contributed by atoms with Gasteiger partial charge in [0.25, 0.3) is 0 Å². The van der Waals surface area contributed by atoms with Gasteiger partial charge in [0.2, 0.25) is 0 Å². The Hall–Kier alpha value is -2.31. The van der Waals surface area contributed by atoms with Gasteiger partial charge in [0.15, 0.2) is 11.9 Å². The lowest BCUT2D eigenvalue weighted by Gasteiger charge is -2.12. The van der Waals surface area contributed by atoms with E-state index >= 15 is 0 Å². The number of hydrogen-bond acceptors (Lipinski definition) is 4. The van der Waals surface area contributed by atoms with E-state index in [0.29, 0.717) is 18.4 Å². The van der Waals surface area contributed by atoms with E-state index in [1.807, 2.05) is 6.92 Å². The molecule has 0 bridgehead atoms. The fourth-order valence-corrected chi connectivity index (χ4v) is 1.84. The van der Waals surface area contributed by atoms with E-state index in [-0.39, 0.29) is 5.82 Å². The number of nitrogens with zero attached hydrogens (tertiary/aromatic N) is 4. The van der Waals surface area contributed by atoms with Crippen LogP contribution in [0, 0.1) is 5.82 Å². The highest BCUT2D eigenvalue weighted by Gasteiger charge is 2.24. The molecule has 1 N–H and O–H groups in total. The minimum absolute atomic E-state index is 0.250. The van der Waals surface area contributed by atoms with Crippen LogP contribution in [-0.4, -0.2) is 31.3 Å². The van der Waals surface area contributed by atoms with Crippen LogP contribution >= 0.6 is 0 Å². The predicted molar refractivity (Wildman–Crippen MR) is 64.8 cm³/mol. The fraction of sp³-hybridized carbons (Fsp3) is 0.333. The molecule has 0 spiro atoms. The molecule has 7 heteroatoms. The van der Waals surface area contributed by atoms with Crippen molar-refractivity contribution in [2.24, 2.45) is 0 Å². The third-order valence-corrected chi connectivity index (χ3v) is 2.72. The Morgan fingerprint density at radius 1 is 1.53 bits per heavy atom. The highest BCUT2D eigenvalue weighted by molar-refractivity contribution is 5.72.